The zero-order valence-electron chi connectivity index (χ0n) is 11.0. The van der Waals surface area contributed by atoms with Crippen LogP contribution in [0.4, 0.5) is 0 Å². The van der Waals surface area contributed by atoms with Gasteiger partial charge in [-0.25, -0.2) is 0 Å². The Balaban J connectivity index is 0. The molecule has 2 aromatic rings. The average molecular weight is 393 g/mol. The molecule has 0 spiro atoms. The minimum atomic E-state index is 0. The molecule has 0 fully saturated rings. The van der Waals surface area contributed by atoms with Gasteiger partial charge in [-0.2, -0.15) is 0 Å². The Bertz CT molecular complexity index is 387. The van der Waals surface area contributed by atoms with E-state index in [4.69, 9.17) is 0 Å². The van der Waals surface area contributed by atoms with Crippen LogP contribution in [0.5, 0.6) is 0 Å². The van der Waals surface area contributed by atoms with E-state index >= 15 is 0 Å². The van der Waals surface area contributed by atoms with E-state index in [1.54, 1.807) is 6.07 Å². The van der Waals surface area contributed by atoms with E-state index in [-0.39, 0.29) is 65.4 Å². The van der Waals surface area contributed by atoms with E-state index in [0.29, 0.717) is 0 Å². The first-order valence-corrected chi connectivity index (χ1v) is 4.81. The van der Waals surface area contributed by atoms with Gasteiger partial charge in [0, 0.05) is 89.2 Å². The van der Waals surface area contributed by atoms with Crippen molar-refractivity contribution in [3.63, 3.8) is 0 Å². The fourth-order valence-electron chi connectivity index (χ4n) is 0.985. The number of hydrogen-bond donors (Lipinski definition) is 0. The van der Waals surface area contributed by atoms with Gasteiger partial charge in [0.25, 0.3) is 0 Å². The molecule has 0 unspecified atom stereocenters. The molecule has 7 heteroatoms. The second kappa shape index (κ2) is 11.2. The third kappa shape index (κ3) is 9.26. The Morgan fingerprint density at radius 1 is 0.778 bits per heavy atom. The van der Waals surface area contributed by atoms with Crippen LogP contribution >= 0.6 is 0 Å². The molecule has 0 saturated carbocycles. The van der Waals surface area contributed by atoms with Crippen molar-refractivity contribution < 1.29 is 65.4 Å². The Kier molecular flexibility index (Phi) is 12.8. The summed E-state index contributed by atoms with van der Waals surface area (Å²) in [6.07, 6.45) is 5.18. The summed E-state index contributed by atoms with van der Waals surface area (Å²) in [7, 11) is 0. The summed E-state index contributed by atoms with van der Waals surface area (Å²) in [6, 6.07) is 1.76. The first kappa shape index (κ1) is 20.6. The van der Waals surface area contributed by atoms with Gasteiger partial charge >= 0.3 is 0 Å². The van der Waals surface area contributed by atoms with Crippen LogP contribution in [-0.4, -0.2) is 24.9 Å². The zero-order valence-corrected chi connectivity index (χ0v) is 16.6. The summed E-state index contributed by atoms with van der Waals surface area (Å²) in [4.78, 5) is 19.1. The van der Waals surface area contributed by atoms with E-state index in [1.165, 1.54) is 0 Å². The smallest absolute Gasteiger partial charge is 0.0247 e. The van der Waals surface area contributed by atoms with Crippen molar-refractivity contribution >= 4 is 0 Å². The Morgan fingerprint density at radius 3 is 1.56 bits per heavy atom. The maximum absolute atomic E-state index is 4.03. The molecule has 0 amide bonds. The molecular weight excluding hydrogens is 380 g/mol. The van der Waals surface area contributed by atoms with Crippen LogP contribution < -0.4 is 0 Å². The topological polar surface area (TPSA) is 64.5 Å². The SMILES string of the molecule is Cc1c[c-]nc(C)n1.Cc1n[c-]nc(C)n1.[Y].[Y]. The van der Waals surface area contributed by atoms with Crippen LogP contribution in [0.1, 0.15) is 23.2 Å². The Morgan fingerprint density at radius 2 is 1.28 bits per heavy atom. The largest absolute Gasteiger partial charge is 0.373 e. The molecule has 5 nitrogen and oxygen atoms in total. The van der Waals surface area contributed by atoms with Crippen molar-refractivity contribution in [1.29, 1.82) is 0 Å². The van der Waals surface area contributed by atoms with Crippen molar-refractivity contribution in [2.75, 3.05) is 0 Å². The summed E-state index contributed by atoms with van der Waals surface area (Å²) in [5.74, 6) is 2.22. The molecule has 90 valence electrons. The van der Waals surface area contributed by atoms with Crippen molar-refractivity contribution in [3.8, 4) is 0 Å². The van der Waals surface area contributed by atoms with Gasteiger partial charge in [0.15, 0.2) is 0 Å². The zero-order chi connectivity index (χ0) is 12.0. The predicted molar refractivity (Wildman–Crippen MR) is 58.5 cm³/mol. The van der Waals surface area contributed by atoms with Gasteiger partial charge in [0.05, 0.1) is 0 Å². The van der Waals surface area contributed by atoms with Crippen LogP contribution in [0, 0.1) is 40.2 Å². The fourth-order valence-corrected chi connectivity index (χ4v) is 0.985. The number of aryl methyl sites for hydroxylation is 4. The molecule has 2 radical (unpaired) electrons. The molecule has 2 heterocycles. The van der Waals surface area contributed by atoms with E-state index < -0.39 is 0 Å². The molecule has 0 aliphatic carbocycles. The summed E-state index contributed by atoms with van der Waals surface area (Å²) in [5.41, 5.74) is 0.970. The summed E-state index contributed by atoms with van der Waals surface area (Å²) in [5, 5.41) is 0. The molecule has 0 aromatic carbocycles. The van der Waals surface area contributed by atoms with Gasteiger partial charge < -0.3 is 24.9 Å². The second-order valence-corrected chi connectivity index (χ2v) is 3.22. The first-order chi connectivity index (χ1) is 7.58. The van der Waals surface area contributed by atoms with Gasteiger partial charge in [-0.05, 0) is 0 Å². The maximum Gasteiger partial charge on any atom is 0.0247 e. The molecule has 0 atom stereocenters. The van der Waals surface area contributed by atoms with Crippen LogP contribution in [0.15, 0.2) is 6.07 Å². The normalized spacial score (nSPS) is 8.22. The van der Waals surface area contributed by atoms with E-state index in [2.05, 4.69) is 37.4 Å². The molecular formula is C11H13N5Y2-2. The van der Waals surface area contributed by atoms with Gasteiger partial charge in [-0.1, -0.05) is 39.6 Å². The number of nitrogens with zero attached hydrogens (tertiary/aromatic N) is 5. The molecule has 0 aliphatic rings. The van der Waals surface area contributed by atoms with Gasteiger partial charge in [-0.15, -0.1) is 6.07 Å². The van der Waals surface area contributed by atoms with Gasteiger partial charge in [0.2, 0.25) is 0 Å². The Hall–Kier alpha value is 0.298. The third-order valence-corrected chi connectivity index (χ3v) is 1.59. The summed E-state index contributed by atoms with van der Waals surface area (Å²) >= 11 is 0. The minimum Gasteiger partial charge on any atom is -0.373 e. The molecule has 18 heavy (non-hydrogen) atoms. The minimum absolute atomic E-state index is 0. The summed E-state index contributed by atoms with van der Waals surface area (Å²) in [6.45, 7) is 7.39. The van der Waals surface area contributed by atoms with E-state index in [9.17, 15) is 0 Å². The average Bonchev–Trinajstić information content (AvgIpc) is 2.17. The van der Waals surface area contributed by atoms with Crippen LogP contribution in [0.2, 0.25) is 0 Å². The van der Waals surface area contributed by atoms with Gasteiger partial charge in [-0.3, -0.25) is 0 Å². The molecule has 0 N–H and O–H groups in total. The molecule has 2 rings (SSSR count). The standard InChI is InChI=1S/C6H7N2.C5H6N3.2Y/c1-5-3-4-7-6(2)8-5;1-4-6-3-7-5(2)8-4;;/h3H,1-2H3;1-2H3;;/q2*-1;;. The van der Waals surface area contributed by atoms with Gasteiger partial charge in [0.1, 0.15) is 0 Å². The van der Waals surface area contributed by atoms with Crippen molar-refractivity contribution in [1.82, 2.24) is 24.9 Å². The first-order valence-electron chi connectivity index (χ1n) is 4.81. The summed E-state index contributed by atoms with van der Waals surface area (Å²) < 4.78 is 0. The van der Waals surface area contributed by atoms with E-state index in [1.807, 2.05) is 27.7 Å². The number of hydrogen-bond acceptors (Lipinski definition) is 5. The second-order valence-electron chi connectivity index (χ2n) is 3.22. The van der Waals surface area contributed by atoms with Crippen molar-refractivity contribution in [3.05, 3.63) is 41.8 Å². The monoisotopic (exact) mass is 393 g/mol. The quantitative estimate of drug-likeness (QED) is 0.630. The van der Waals surface area contributed by atoms with Crippen LogP contribution in [-0.2, 0) is 65.4 Å². The Labute approximate surface area is 158 Å². The third-order valence-electron chi connectivity index (χ3n) is 1.59. The number of aromatic nitrogens is 5. The van der Waals surface area contributed by atoms with Crippen molar-refractivity contribution in [2.45, 2.75) is 27.7 Å². The van der Waals surface area contributed by atoms with Crippen LogP contribution in [0.3, 0.4) is 0 Å². The molecule has 0 bridgehead atoms. The van der Waals surface area contributed by atoms with Crippen LogP contribution in [0.25, 0.3) is 0 Å². The molecule has 0 saturated heterocycles. The molecule has 0 aliphatic heterocycles. The number of rotatable bonds is 0. The maximum atomic E-state index is 4.03. The van der Waals surface area contributed by atoms with E-state index in [0.717, 1.165) is 23.2 Å². The fraction of sp³-hybridized carbons (Fsp3) is 0.364. The van der Waals surface area contributed by atoms with Crippen molar-refractivity contribution in [2.24, 2.45) is 0 Å². The molecule has 2 aromatic heterocycles. The predicted octanol–water partition coefficient (Wildman–Crippen LogP) is 1.18.